The summed E-state index contributed by atoms with van der Waals surface area (Å²) in [5.74, 6) is -2.14. The number of ether oxygens (including phenoxy) is 1. The molecule has 0 aromatic carbocycles. The third kappa shape index (κ3) is 3.05. The molecule has 3 atom stereocenters. The minimum atomic E-state index is -0.860. The molecule has 0 aromatic heterocycles. The SMILES string of the molecule is CCC(C)OC(=O)/C(Cl)=C/C1C(C(=O)O)C1(C)C. The third-order valence-electron chi connectivity index (χ3n) is 3.58. The zero-order valence-electron chi connectivity index (χ0n) is 11.1. The van der Waals surface area contributed by atoms with Gasteiger partial charge in [0.2, 0.25) is 0 Å². The molecule has 1 aliphatic carbocycles. The molecule has 0 heterocycles. The van der Waals surface area contributed by atoms with E-state index in [4.69, 9.17) is 21.4 Å². The van der Waals surface area contributed by atoms with E-state index in [-0.39, 0.29) is 22.5 Å². The van der Waals surface area contributed by atoms with Crippen molar-refractivity contribution < 1.29 is 19.4 Å². The molecule has 0 amide bonds. The Hall–Kier alpha value is -1.03. The standard InChI is InChI=1S/C13H19ClO4/c1-5-7(2)18-12(17)9(14)6-8-10(11(15)16)13(8,3)4/h6-8,10H,5H2,1-4H3,(H,15,16)/b9-6-. The Morgan fingerprint density at radius 1 is 1.50 bits per heavy atom. The first-order chi connectivity index (χ1) is 8.21. The molecule has 4 nitrogen and oxygen atoms in total. The fraction of sp³-hybridized carbons (Fsp3) is 0.692. The Morgan fingerprint density at radius 2 is 2.06 bits per heavy atom. The Labute approximate surface area is 112 Å². The van der Waals surface area contributed by atoms with Gasteiger partial charge in [-0.3, -0.25) is 4.79 Å². The molecule has 1 rings (SSSR count). The van der Waals surface area contributed by atoms with Gasteiger partial charge in [-0.1, -0.05) is 38.4 Å². The van der Waals surface area contributed by atoms with Gasteiger partial charge >= 0.3 is 11.9 Å². The number of allylic oxidation sites excluding steroid dienone is 1. The van der Waals surface area contributed by atoms with Crippen molar-refractivity contribution in [1.29, 1.82) is 0 Å². The number of halogens is 1. The number of carboxylic acids is 1. The van der Waals surface area contributed by atoms with Crippen LogP contribution >= 0.6 is 11.6 Å². The van der Waals surface area contributed by atoms with Crippen LogP contribution < -0.4 is 0 Å². The zero-order chi connectivity index (χ0) is 14.1. The Morgan fingerprint density at radius 3 is 2.44 bits per heavy atom. The van der Waals surface area contributed by atoms with Crippen molar-refractivity contribution in [2.45, 2.75) is 40.2 Å². The molecule has 1 aliphatic rings. The van der Waals surface area contributed by atoms with Crippen molar-refractivity contribution in [3.8, 4) is 0 Å². The van der Waals surface area contributed by atoms with Crippen molar-refractivity contribution in [2.24, 2.45) is 17.3 Å². The lowest BCUT2D eigenvalue weighted by atomic mass is 10.1. The number of carboxylic acid groups (broad SMARTS) is 1. The van der Waals surface area contributed by atoms with Crippen LogP contribution in [0.1, 0.15) is 34.1 Å². The predicted molar refractivity (Wildman–Crippen MR) is 68.2 cm³/mol. The molecular formula is C13H19ClO4. The van der Waals surface area contributed by atoms with Crippen LogP contribution in [0.2, 0.25) is 0 Å². The van der Waals surface area contributed by atoms with Crippen molar-refractivity contribution in [3.63, 3.8) is 0 Å². The lowest BCUT2D eigenvalue weighted by molar-refractivity contribution is -0.143. The quantitative estimate of drug-likeness (QED) is 0.618. The van der Waals surface area contributed by atoms with Gasteiger partial charge in [-0.15, -0.1) is 0 Å². The Kier molecular flexibility index (Phi) is 4.43. The fourth-order valence-corrected chi connectivity index (χ4v) is 2.19. The first-order valence-corrected chi connectivity index (χ1v) is 6.40. The fourth-order valence-electron chi connectivity index (χ4n) is 2.01. The van der Waals surface area contributed by atoms with Gasteiger partial charge < -0.3 is 9.84 Å². The molecule has 5 heteroatoms. The maximum atomic E-state index is 11.6. The van der Waals surface area contributed by atoms with E-state index >= 15 is 0 Å². The van der Waals surface area contributed by atoms with E-state index in [2.05, 4.69) is 0 Å². The van der Waals surface area contributed by atoms with E-state index in [0.29, 0.717) is 6.42 Å². The highest BCUT2D eigenvalue weighted by Gasteiger charge is 2.61. The smallest absolute Gasteiger partial charge is 0.349 e. The molecule has 0 bridgehead atoms. The largest absolute Gasteiger partial charge is 0.481 e. The first kappa shape index (κ1) is 15.0. The van der Waals surface area contributed by atoms with Crippen molar-refractivity contribution in [3.05, 3.63) is 11.1 Å². The second-order valence-electron chi connectivity index (χ2n) is 5.30. The van der Waals surface area contributed by atoms with Crippen LogP contribution in [0.3, 0.4) is 0 Å². The highest BCUT2D eigenvalue weighted by atomic mass is 35.5. The monoisotopic (exact) mass is 274 g/mol. The predicted octanol–water partition coefficient (Wildman–Crippen LogP) is 2.81. The normalized spacial score (nSPS) is 27.5. The number of carbonyl (C=O) groups is 2. The van der Waals surface area contributed by atoms with E-state index in [1.54, 1.807) is 6.92 Å². The van der Waals surface area contributed by atoms with Gasteiger partial charge in [0.25, 0.3) is 0 Å². The first-order valence-electron chi connectivity index (χ1n) is 6.02. The summed E-state index contributed by atoms with van der Waals surface area (Å²) in [6.45, 7) is 7.37. The van der Waals surface area contributed by atoms with E-state index in [9.17, 15) is 9.59 Å². The Balaban J connectivity index is 2.68. The summed E-state index contributed by atoms with van der Waals surface area (Å²) in [6, 6.07) is 0. The number of hydrogen-bond donors (Lipinski definition) is 1. The number of rotatable bonds is 5. The highest BCUT2D eigenvalue weighted by molar-refractivity contribution is 6.41. The molecular weight excluding hydrogens is 256 g/mol. The third-order valence-corrected chi connectivity index (χ3v) is 3.86. The van der Waals surface area contributed by atoms with Gasteiger partial charge in [-0.2, -0.15) is 0 Å². The second kappa shape index (κ2) is 5.31. The van der Waals surface area contributed by atoms with E-state index < -0.39 is 17.9 Å². The summed E-state index contributed by atoms with van der Waals surface area (Å²) in [7, 11) is 0. The summed E-state index contributed by atoms with van der Waals surface area (Å²) in [5.41, 5.74) is -0.359. The van der Waals surface area contributed by atoms with Gasteiger partial charge in [-0.25, -0.2) is 4.79 Å². The van der Waals surface area contributed by atoms with Gasteiger partial charge in [0, 0.05) is 0 Å². The summed E-state index contributed by atoms with van der Waals surface area (Å²) >= 11 is 5.86. The Bertz CT molecular complexity index is 386. The summed E-state index contributed by atoms with van der Waals surface area (Å²) < 4.78 is 5.07. The minimum absolute atomic E-state index is 0.0304. The van der Waals surface area contributed by atoms with Gasteiger partial charge in [0.15, 0.2) is 0 Å². The molecule has 1 saturated carbocycles. The number of hydrogen-bond acceptors (Lipinski definition) is 3. The molecule has 18 heavy (non-hydrogen) atoms. The van der Waals surface area contributed by atoms with E-state index in [0.717, 1.165) is 0 Å². The van der Waals surface area contributed by atoms with Crippen LogP contribution in [0.25, 0.3) is 0 Å². The summed E-state index contributed by atoms with van der Waals surface area (Å²) in [5, 5.41) is 8.98. The van der Waals surface area contributed by atoms with Crippen molar-refractivity contribution >= 4 is 23.5 Å². The molecule has 0 radical (unpaired) electrons. The van der Waals surface area contributed by atoms with Crippen LogP contribution in [0, 0.1) is 17.3 Å². The molecule has 3 unspecified atom stereocenters. The highest BCUT2D eigenvalue weighted by Crippen LogP contribution is 2.59. The average molecular weight is 275 g/mol. The van der Waals surface area contributed by atoms with Crippen LogP contribution in [0.5, 0.6) is 0 Å². The maximum absolute atomic E-state index is 11.6. The molecule has 0 aromatic rings. The molecule has 1 fully saturated rings. The molecule has 0 aliphatic heterocycles. The summed E-state index contributed by atoms with van der Waals surface area (Å²) in [4.78, 5) is 22.6. The van der Waals surface area contributed by atoms with Crippen LogP contribution in [-0.2, 0) is 14.3 Å². The maximum Gasteiger partial charge on any atom is 0.349 e. The zero-order valence-corrected chi connectivity index (χ0v) is 11.8. The molecule has 0 saturated heterocycles. The van der Waals surface area contributed by atoms with Gasteiger partial charge in [0.05, 0.1) is 12.0 Å². The average Bonchev–Trinajstić information content (AvgIpc) is 2.80. The number of aliphatic carboxylic acids is 1. The van der Waals surface area contributed by atoms with Crippen LogP contribution in [0.15, 0.2) is 11.1 Å². The molecule has 0 spiro atoms. The second-order valence-corrected chi connectivity index (χ2v) is 5.71. The molecule has 102 valence electrons. The number of esters is 1. The van der Waals surface area contributed by atoms with Crippen molar-refractivity contribution in [1.82, 2.24) is 0 Å². The topological polar surface area (TPSA) is 63.6 Å². The van der Waals surface area contributed by atoms with Crippen LogP contribution in [0.4, 0.5) is 0 Å². The van der Waals surface area contributed by atoms with Gasteiger partial charge in [-0.05, 0) is 24.7 Å². The molecule has 1 N–H and O–H groups in total. The van der Waals surface area contributed by atoms with E-state index in [1.165, 1.54) is 6.08 Å². The van der Waals surface area contributed by atoms with Gasteiger partial charge in [0.1, 0.15) is 5.03 Å². The number of carbonyl (C=O) groups excluding carboxylic acids is 1. The van der Waals surface area contributed by atoms with Crippen molar-refractivity contribution in [2.75, 3.05) is 0 Å². The summed E-state index contributed by atoms with van der Waals surface area (Å²) in [6.07, 6.45) is 2.02. The lowest BCUT2D eigenvalue weighted by Crippen LogP contribution is -2.14. The minimum Gasteiger partial charge on any atom is -0.481 e. The van der Waals surface area contributed by atoms with E-state index in [1.807, 2.05) is 20.8 Å². The van der Waals surface area contributed by atoms with Crippen LogP contribution in [-0.4, -0.2) is 23.1 Å². The lowest BCUT2D eigenvalue weighted by Gasteiger charge is -2.09.